The lowest BCUT2D eigenvalue weighted by molar-refractivity contribution is -0.138. The molecule has 1 saturated heterocycles. The van der Waals surface area contributed by atoms with E-state index < -0.39 is 6.10 Å². The molecule has 24 heavy (non-hydrogen) atoms. The van der Waals surface area contributed by atoms with Gasteiger partial charge >= 0.3 is 0 Å². The summed E-state index contributed by atoms with van der Waals surface area (Å²) in [5, 5.41) is 0.594. The summed E-state index contributed by atoms with van der Waals surface area (Å²) in [6.07, 6.45) is 1.25. The molecule has 2 heterocycles. The lowest BCUT2D eigenvalue weighted by Crippen LogP contribution is -2.52. The maximum Gasteiger partial charge on any atom is 0.263 e. The summed E-state index contributed by atoms with van der Waals surface area (Å²) < 4.78 is 5.72. The third kappa shape index (κ3) is 3.97. The second kappa shape index (κ2) is 7.53. The predicted molar refractivity (Wildman–Crippen MR) is 94.6 cm³/mol. The minimum atomic E-state index is -0.537. The number of carbonyl (C=O) groups excluding carboxylic acids is 1. The fourth-order valence-corrected chi connectivity index (χ4v) is 2.93. The Morgan fingerprint density at radius 2 is 1.96 bits per heavy atom. The topological polar surface area (TPSA) is 45.7 Å². The summed E-state index contributed by atoms with van der Waals surface area (Å²) in [7, 11) is 0. The number of rotatable bonds is 4. The number of pyridine rings is 1. The van der Waals surface area contributed by atoms with E-state index >= 15 is 0 Å². The van der Waals surface area contributed by atoms with Crippen molar-refractivity contribution >= 4 is 23.3 Å². The van der Waals surface area contributed by atoms with Crippen molar-refractivity contribution < 1.29 is 9.53 Å². The Balaban J connectivity index is 1.55. The van der Waals surface area contributed by atoms with Gasteiger partial charge in [-0.3, -0.25) is 4.79 Å². The largest absolute Gasteiger partial charge is 0.481 e. The second-order valence-electron chi connectivity index (χ2n) is 5.72. The molecule has 3 rings (SSSR count). The van der Waals surface area contributed by atoms with Crippen molar-refractivity contribution in [2.75, 3.05) is 31.1 Å². The molecule has 0 unspecified atom stereocenters. The quantitative estimate of drug-likeness (QED) is 0.854. The van der Waals surface area contributed by atoms with Gasteiger partial charge in [-0.25, -0.2) is 4.98 Å². The molecule has 1 aromatic carbocycles. The van der Waals surface area contributed by atoms with Crippen LogP contribution in [0.15, 0.2) is 48.7 Å². The number of nitrogens with zero attached hydrogens (tertiary/aromatic N) is 3. The summed E-state index contributed by atoms with van der Waals surface area (Å²) in [4.78, 5) is 20.9. The molecule has 0 radical (unpaired) electrons. The van der Waals surface area contributed by atoms with Crippen molar-refractivity contribution in [2.45, 2.75) is 13.0 Å². The van der Waals surface area contributed by atoms with Crippen LogP contribution in [0.5, 0.6) is 5.75 Å². The van der Waals surface area contributed by atoms with Gasteiger partial charge < -0.3 is 14.5 Å². The molecular formula is C18H20ClN3O2. The van der Waals surface area contributed by atoms with Gasteiger partial charge in [0.25, 0.3) is 5.91 Å². The number of carbonyl (C=O) groups is 1. The monoisotopic (exact) mass is 345 g/mol. The SMILES string of the molecule is C[C@@H](Oc1cccc(Cl)c1)C(=O)N1CCN(c2ccccn2)CC1. The van der Waals surface area contributed by atoms with E-state index in [9.17, 15) is 4.79 Å². The average Bonchev–Trinajstić information content (AvgIpc) is 2.62. The highest BCUT2D eigenvalue weighted by molar-refractivity contribution is 6.30. The zero-order chi connectivity index (χ0) is 16.9. The summed E-state index contributed by atoms with van der Waals surface area (Å²) in [6, 6.07) is 13.0. The van der Waals surface area contributed by atoms with Crippen LogP contribution >= 0.6 is 11.6 Å². The van der Waals surface area contributed by atoms with Gasteiger partial charge in [-0.15, -0.1) is 0 Å². The van der Waals surface area contributed by atoms with E-state index in [1.54, 1.807) is 37.4 Å². The molecule has 1 fully saturated rings. The first kappa shape index (κ1) is 16.6. The molecule has 1 atom stereocenters. The van der Waals surface area contributed by atoms with E-state index in [0.29, 0.717) is 23.9 Å². The van der Waals surface area contributed by atoms with E-state index in [2.05, 4.69) is 9.88 Å². The molecule has 6 heteroatoms. The Labute approximate surface area is 146 Å². The van der Waals surface area contributed by atoms with E-state index in [0.717, 1.165) is 18.9 Å². The van der Waals surface area contributed by atoms with Gasteiger partial charge in [-0.05, 0) is 37.3 Å². The first-order valence-corrected chi connectivity index (χ1v) is 8.38. The van der Waals surface area contributed by atoms with Gasteiger partial charge in [0, 0.05) is 37.4 Å². The molecule has 0 N–H and O–H groups in total. The molecule has 1 aromatic heterocycles. The molecule has 2 aromatic rings. The highest BCUT2D eigenvalue weighted by Crippen LogP contribution is 2.19. The van der Waals surface area contributed by atoms with Crippen LogP contribution in [0.1, 0.15) is 6.92 Å². The number of aromatic nitrogens is 1. The van der Waals surface area contributed by atoms with Gasteiger partial charge in [0.05, 0.1) is 0 Å². The van der Waals surface area contributed by atoms with Crippen LogP contribution in [-0.2, 0) is 4.79 Å². The fourth-order valence-electron chi connectivity index (χ4n) is 2.75. The maximum absolute atomic E-state index is 12.6. The third-order valence-corrected chi connectivity index (χ3v) is 4.26. The standard InChI is InChI=1S/C18H20ClN3O2/c1-14(24-16-6-4-5-15(19)13-16)18(23)22-11-9-21(10-12-22)17-7-2-3-8-20-17/h2-8,13-14H,9-12H2,1H3/t14-/m1/s1. The second-order valence-corrected chi connectivity index (χ2v) is 6.15. The van der Waals surface area contributed by atoms with Crippen LogP contribution in [-0.4, -0.2) is 48.1 Å². The number of hydrogen-bond acceptors (Lipinski definition) is 4. The van der Waals surface area contributed by atoms with E-state index in [1.807, 2.05) is 23.1 Å². The van der Waals surface area contributed by atoms with Gasteiger partial charge in [0.15, 0.2) is 6.10 Å². The van der Waals surface area contributed by atoms with Crippen molar-refractivity contribution in [1.29, 1.82) is 0 Å². The number of hydrogen-bond donors (Lipinski definition) is 0. The van der Waals surface area contributed by atoms with Gasteiger partial charge in [0.1, 0.15) is 11.6 Å². The van der Waals surface area contributed by atoms with Crippen LogP contribution < -0.4 is 9.64 Å². The molecule has 1 aliphatic heterocycles. The Kier molecular flexibility index (Phi) is 5.20. The smallest absolute Gasteiger partial charge is 0.263 e. The first-order valence-electron chi connectivity index (χ1n) is 8.00. The van der Waals surface area contributed by atoms with Gasteiger partial charge in [0.2, 0.25) is 0 Å². The van der Waals surface area contributed by atoms with Crippen LogP contribution in [0.25, 0.3) is 0 Å². The number of piperazine rings is 1. The first-order chi connectivity index (χ1) is 11.6. The summed E-state index contributed by atoms with van der Waals surface area (Å²) >= 11 is 5.94. The number of anilines is 1. The Bertz CT molecular complexity index is 688. The van der Waals surface area contributed by atoms with Crippen LogP contribution in [0.2, 0.25) is 5.02 Å². The molecule has 126 valence electrons. The highest BCUT2D eigenvalue weighted by atomic mass is 35.5. The Morgan fingerprint density at radius 3 is 2.62 bits per heavy atom. The van der Waals surface area contributed by atoms with Crippen molar-refractivity contribution in [3.05, 3.63) is 53.7 Å². The molecule has 1 aliphatic rings. The zero-order valence-corrected chi connectivity index (χ0v) is 14.3. The number of halogens is 1. The van der Waals surface area contributed by atoms with Crippen LogP contribution in [0, 0.1) is 0 Å². The van der Waals surface area contributed by atoms with Crippen molar-refractivity contribution in [1.82, 2.24) is 9.88 Å². The molecular weight excluding hydrogens is 326 g/mol. The Morgan fingerprint density at radius 1 is 1.17 bits per heavy atom. The molecule has 5 nitrogen and oxygen atoms in total. The number of ether oxygens (including phenoxy) is 1. The van der Waals surface area contributed by atoms with Crippen molar-refractivity contribution in [3.63, 3.8) is 0 Å². The normalized spacial score (nSPS) is 15.9. The van der Waals surface area contributed by atoms with Crippen molar-refractivity contribution in [2.24, 2.45) is 0 Å². The molecule has 0 bridgehead atoms. The summed E-state index contributed by atoms with van der Waals surface area (Å²) in [5.74, 6) is 1.55. The predicted octanol–water partition coefficient (Wildman–Crippen LogP) is 2.85. The van der Waals surface area contributed by atoms with E-state index in [1.165, 1.54) is 0 Å². The fraction of sp³-hybridized carbons (Fsp3) is 0.333. The maximum atomic E-state index is 12.6. The molecule has 0 spiro atoms. The third-order valence-electron chi connectivity index (χ3n) is 4.02. The van der Waals surface area contributed by atoms with E-state index in [4.69, 9.17) is 16.3 Å². The number of benzene rings is 1. The Hall–Kier alpha value is -2.27. The van der Waals surface area contributed by atoms with E-state index in [-0.39, 0.29) is 5.91 Å². The van der Waals surface area contributed by atoms with Gasteiger partial charge in [-0.1, -0.05) is 23.7 Å². The lowest BCUT2D eigenvalue weighted by Gasteiger charge is -2.36. The summed E-state index contributed by atoms with van der Waals surface area (Å²) in [6.45, 7) is 4.64. The molecule has 0 saturated carbocycles. The highest BCUT2D eigenvalue weighted by Gasteiger charge is 2.26. The summed E-state index contributed by atoms with van der Waals surface area (Å²) in [5.41, 5.74) is 0. The number of amides is 1. The zero-order valence-electron chi connectivity index (χ0n) is 13.6. The molecule has 0 aliphatic carbocycles. The van der Waals surface area contributed by atoms with Crippen LogP contribution in [0.3, 0.4) is 0 Å². The van der Waals surface area contributed by atoms with Crippen molar-refractivity contribution in [3.8, 4) is 5.75 Å². The minimum Gasteiger partial charge on any atom is -0.481 e. The van der Waals surface area contributed by atoms with Crippen LogP contribution in [0.4, 0.5) is 5.82 Å². The lowest BCUT2D eigenvalue weighted by atomic mass is 10.2. The average molecular weight is 346 g/mol. The van der Waals surface area contributed by atoms with Gasteiger partial charge in [-0.2, -0.15) is 0 Å². The minimum absolute atomic E-state index is 0.00403. The molecule has 1 amide bonds.